The zero-order valence-electron chi connectivity index (χ0n) is 24.1. The van der Waals surface area contributed by atoms with Gasteiger partial charge in [0.05, 0.1) is 5.03 Å². The van der Waals surface area contributed by atoms with Crippen LogP contribution >= 0.6 is 58.4 Å². The lowest BCUT2D eigenvalue weighted by molar-refractivity contribution is 0.954. The molecule has 0 radical (unpaired) electrons. The van der Waals surface area contributed by atoms with Gasteiger partial charge in [0, 0.05) is 68.5 Å². The fraction of sp³-hybridized carbons (Fsp3) is 0.433. The first-order valence-corrected chi connectivity index (χ1v) is 17.2. The van der Waals surface area contributed by atoms with Crippen molar-refractivity contribution in [2.24, 2.45) is 0 Å². The van der Waals surface area contributed by atoms with E-state index in [-0.39, 0.29) is 7.43 Å². The van der Waals surface area contributed by atoms with Gasteiger partial charge in [0.15, 0.2) is 5.16 Å². The van der Waals surface area contributed by atoms with Crippen LogP contribution in [0.25, 0.3) is 0 Å². The van der Waals surface area contributed by atoms with E-state index in [1.54, 1.807) is 47.3 Å². The molecular formula is C30H45N5S5. The molecule has 5 nitrogen and oxygen atoms in total. The van der Waals surface area contributed by atoms with Gasteiger partial charge in [-0.25, -0.2) is 19.9 Å². The minimum Gasteiger partial charge on any atom is -0.265 e. The highest BCUT2D eigenvalue weighted by Crippen LogP contribution is 2.24. The Morgan fingerprint density at radius 3 is 1.60 bits per heavy atom. The van der Waals surface area contributed by atoms with Crippen LogP contribution in [-0.4, -0.2) is 45.9 Å². The SMILES string of the molecule is C.CC(C)Sc1ccccn1.CC(C)Sc1ccncc1.CC(C)Sc1ncccn1.CC(C)Sc1nccs1. The molecule has 0 fully saturated rings. The highest BCUT2D eigenvalue weighted by Gasteiger charge is 1.99. The molecule has 220 valence electrons. The Morgan fingerprint density at radius 2 is 1.12 bits per heavy atom. The monoisotopic (exact) mass is 635 g/mol. The molecule has 0 saturated heterocycles. The molecule has 0 N–H and O–H groups in total. The fourth-order valence-electron chi connectivity index (χ4n) is 2.37. The smallest absolute Gasteiger partial charge is 0.187 e. The van der Waals surface area contributed by atoms with Crippen LogP contribution in [-0.2, 0) is 0 Å². The van der Waals surface area contributed by atoms with Crippen molar-refractivity contribution in [3.63, 3.8) is 0 Å². The number of hydrogen-bond acceptors (Lipinski definition) is 10. The molecule has 0 saturated carbocycles. The lowest BCUT2D eigenvalue weighted by Gasteiger charge is -2.02. The third-order valence-corrected chi connectivity index (χ3v) is 8.43. The van der Waals surface area contributed by atoms with Crippen molar-refractivity contribution >= 4 is 58.4 Å². The van der Waals surface area contributed by atoms with E-state index in [1.165, 1.54) is 9.24 Å². The Labute approximate surface area is 264 Å². The van der Waals surface area contributed by atoms with Crippen LogP contribution in [0.2, 0.25) is 0 Å². The van der Waals surface area contributed by atoms with E-state index in [9.17, 15) is 0 Å². The first-order valence-electron chi connectivity index (χ1n) is 12.8. The van der Waals surface area contributed by atoms with Crippen LogP contribution in [0.4, 0.5) is 0 Å². The summed E-state index contributed by atoms with van der Waals surface area (Å²) in [4.78, 5) is 21.7. The fourth-order valence-corrected chi connectivity index (χ4v) is 6.48. The Kier molecular flexibility index (Phi) is 23.1. The summed E-state index contributed by atoms with van der Waals surface area (Å²) < 4.78 is 1.17. The normalized spacial score (nSPS) is 10.1. The topological polar surface area (TPSA) is 64.5 Å². The van der Waals surface area contributed by atoms with Gasteiger partial charge in [0.1, 0.15) is 4.34 Å². The summed E-state index contributed by atoms with van der Waals surface area (Å²) in [5.41, 5.74) is 0. The third kappa shape index (κ3) is 22.1. The van der Waals surface area contributed by atoms with E-state index in [1.807, 2.05) is 90.1 Å². The zero-order chi connectivity index (χ0) is 28.9. The highest BCUT2D eigenvalue weighted by atomic mass is 32.2. The summed E-state index contributed by atoms with van der Waals surface area (Å²) in [6, 6.07) is 11.9. The number of rotatable bonds is 8. The molecule has 0 aromatic carbocycles. The Balaban J connectivity index is 0.000000503. The molecule has 0 atom stereocenters. The summed E-state index contributed by atoms with van der Waals surface area (Å²) in [5, 5.41) is 6.45. The molecule has 4 heterocycles. The summed E-state index contributed by atoms with van der Waals surface area (Å²) in [6.45, 7) is 17.3. The molecule has 0 amide bonds. The second-order valence-corrected chi connectivity index (χ2v) is 16.4. The lowest BCUT2D eigenvalue weighted by Crippen LogP contribution is -1.90. The van der Waals surface area contributed by atoms with Crippen molar-refractivity contribution < 1.29 is 0 Å². The van der Waals surface area contributed by atoms with Gasteiger partial charge in [-0.1, -0.05) is 92.4 Å². The van der Waals surface area contributed by atoms with Gasteiger partial charge < -0.3 is 0 Å². The number of hydrogen-bond donors (Lipinski definition) is 0. The predicted molar refractivity (Wildman–Crippen MR) is 183 cm³/mol. The number of aromatic nitrogens is 5. The Bertz CT molecular complexity index is 957. The first-order chi connectivity index (χ1) is 18.7. The molecule has 0 unspecified atom stereocenters. The Morgan fingerprint density at radius 1 is 0.550 bits per heavy atom. The number of nitrogens with zero attached hydrogens (tertiary/aromatic N) is 5. The molecule has 40 heavy (non-hydrogen) atoms. The standard InChI is InChI=1S/2C8H11NS.C7H10N2S.C6H9NS2.CH4/c1-7(2)10-8-3-5-9-6-4-8;1-7(2)10-8-5-3-4-6-9-8;1-6(2)10-7-8-4-3-5-9-7;1-5(2)9-6-7-3-4-8-6;/h2*3-7H,1-2H3;3-6H,1-2H3;3-5H,1-2H3;1H4. The first kappa shape index (κ1) is 38.4. The molecular weight excluding hydrogens is 591 g/mol. The van der Waals surface area contributed by atoms with E-state index in [2.05, 4.69) is 80.3 Å². The van der Waals surface area contributed by atoms with Crippen molar-refractivity contribution in [1.29, 1.82) is 0 Å². The van der Waals surface area contributed by atoms with Crippen molar-refractivity contribution in [3.8, 4) is 0 Å². The van der Waals surface area contributed by atoms with Crippen LogP contribution < -0.4 is 0 Å². The summed E-state index contributed by atoms with van der Waals surface area (Å²) in [5.74, 6) is 0. The minimum absolute atomic E-state index is 0. The average molecular weight is 636 g/mol. The summed E-state index contributed by atoms with van der Waals surface area (Å²) in [7, 11) is 0. The van der Waals surface area contributed by atoms with Gasteiger partial charge in [-0.2, -0.15) is 0 Å². The maximum absolute atomic E-state index is 4.18. The molecule has 4 aromatic rings. The summed E-state index contributed by atoms with van der Waals surface area (Å²) >= 11 is 8.84. The van der Waals surface area contributed by atoms with E-state index in [0.29, 0.717) is 21.0 Å². The van der Waals surface area contributed by atoms with Gasteiger partial charge in [-0.15, -0.1) is 34.9 Å². The minimum atomic E-state index is 0. The second-order valence-electron chi connectivity index (χ2n) is 8.85. The molecule has 0 aliphatic carbocycles. The van der Waals surface area contributed by atoms with Crippen LogP contribution in [0, 0.1) is 0 Å². The van der Waals surface area contributed by atoms with Gasteiger partial charge in [-0.3, -0.25) is 4.98 Å². The van der Waals surface area contributed by atoms with Gasteiger partial charge in [0.25, 0.3) is 0 Å². The molecule has 0 aliphatic rings. The third-order valence-electron chi connectivity index (χ3n) is 3.65. The largest absolute Gasteiger partial charge is 0.265 e. The average Bonchev–Trinajstić information content (AvgIpc) is 3.38. The number of thioether (sulfide) groups is 4. The van der Waals surface area contributed by atoms with Gasteiger partial charge in [0.2, 0.25) is 0 Å². The van der Waals surface area contributed by atoms with Crippen molar-refractivity contribution in [1.82, 2.24) is 24.9 Å². The predicted octanol–water partition coefficient (Wildman–Crippen LogP) is 10.4. The molecule has 0 bridgehead atoms. The maximum atomic E-state index is 4.18. The maximum Gasteiger partial charge on any atom is 0.187 e. The molecule has 0 spiro atoms. The van der Waals surface area contributed by atoms with Gasteiger partial charge in [-0.05, 0) is 30.3 Å². The molecule has 4 aromatic heterocycles. The van der Waals surface area contributed by atoms with Crippen molar-refractivity contribution in [3.05, 3.63) is 79.0 Å². The quantitative estimate of drug-likeness (QED) is 0.139. The van der Waals surface area contributed by atoms with Crippen LogP contribution in [0.5, 0.6) is 0 Å². The van der Waals surface area contributed by atoms with E-state index in [0.717, 1.165) is 10.2 Å². The van der Waals surface area contributed by atoms with E-state index < -0.39 is 0 Å². The Hall–Kier alpha value is -1.59. The lowest BCUT2D eigenvalue weighted by atomic mass is 10.5. The zero-order valence-corrected chi connectivity index (χ0v) is 28.2. The molecule has 4 rings (SSSR count). The van der Waals surface area contributed by atoms with Crippen molar-refractivity contribution in [2.75, 3.05) is 0 Å². The highest BCUT2D eigenvalue weighted by molar-refractivity contribution is 8.01. The van der Waals surface area contributed by atoms with Crippen LogP contribution in [0.3, 0.4) is 0 Å². The number of pyridine rings is 2. The molecule has 0 aliphatic heterocycles. The van der Waals surface area contributed by atoms with Crippen LogP contribution in [0.1, 0.15) is 62.8 Å². The molecule has 10 heteroatoms. The second kappa shape index (κ2) is 24.1. The van der Waals surface area contributed by atoms with E-state index in [4.69, 9.17) is 0 Å². The van der Waals surface area contributed by atoms with E-state index >= 15 is 0 Å². The van der Waals surface area contributed by atoms with Crippen LogP contribution in [0.15, 0.2) is 98.4 Å². The van der Waals surface area contributed by atoms with Gasteiger partial charge >= 0.3 is 0 Å². The summed E-state index contributed by atoms with van der Waals surface area (Å²) in [6.07, 6.45) is 10.8. The number of thiazole rings is 1. The van der Waals surface area contributed by atoms with Crippen molar-refractivity contribution in [2.45, 2.75) is 103 Å².